The third kappa shape index (κ3) is 3.57. The average molecular weight is 381 g/mol. The molecule has 0 radical (unpaired) electrons. The van der Waals surface area contributed by atoms with E-state index in [4.69, 9.17) is 0 Å². The summed E-state index contributed by atoms with van der Waals surface area (Å²) in [6.07, 6.45) is 0.922. The summed E-state index contributed by atoms with van der Waals surface area (Å²) in [6, 6.07) is 15.1. The van der Waals surface area contributed by atoms with Gasteiger partial charge in [-0.1, -0.05) is 18.2 Å². The van der Waals surface area contributed by atoms with Gasteiger partial charge in [0.15, 0.2) is 6.54 Å². The largest absolute Gasteiger partial charge is 0.360 e. The van der Waals surface area contributed by atoms with Crippen LogP contribution in [0.3, 0.4) is 0 Å². The molecule has 1 saturated heterocycles. The Hall–Kier alpha value is -2.93. The zero-order valence-electron chi connectivity index (χ0n) is 16.0. The van der Waals surface area contributed by atoms with Crippen LogP contribution in [0, 0.1) is 10.1 Å². The van der Waals surface area contributed by atoms with Crippen LogP contribution >= 0.6 is 0 Å². The fourth-order valence-electron chi connectivity index (χ4n) is 4.29. The molecule has 0 saturated carbocycles. The maximum Gasteiger partial charge on any atom is 0.282 e. The minimum absolute atomic E-state index is 0.110. The number of nitrogens with one attached hydrogen (secondary N) is 1. The number of non-ortho nitro benzene ring substituents is 1. The van der Waals surface area contributed by atoms with Crippen LogP contribution in [0.15, 0.2) is 48.5 Å². The van der Waals surface area contributed by atoms with E-state index < -0.39 is 0 Å². The molecule has 0 unspecified atom stereocenters. The van der Waals surface area contributed by atoms with Crippen molar-refractivity contribution in [1.29, 1.82) is 0 Å². The first-order valence-corrected chi connectivity index (χ1v) is 9.76. The second-order valence-corrected chi connectivity index (χ2v) is 7.63. The Morgan fingerprint density at radius 1 is 1.14 bits per heavy atom. The van der Waals surface area contributed by atoms with Gasteiger partial charge in [-0.05, 0) is 37.1 Å². The van der Waals surface area contributed by atoms with Gasteiger partial charge in [-0.25, -0.2) is 0 Å². The summed E-state index contributed by atoms with van der Waals surface area (Å²) in [6.45, 7) is 6.06. The van der Waals surface area contributed by atoms with Crippen LogP contribution in [0.25, 0.3) is 0 Å². The van der Waals surface area contributed by atoms with Crippen molar-refractivity contribution in [3.8, 4) is 0 Å². The molecule has 0 aliphatic carbocycles. The zero-order valence-corrected chi connectivity index (χ0v) is 16.0. The molecule has 2 aliphatic rings. The van der Waals surface area contributed by atoms with Crippen LogP contribution in [-0.4, -0.2) is 49.6 Å². The van der Waals surface area contributed by atoms with E-state index in [2.05, 4.69) is 17.9 Å². The van der Waals surface area contributed by atoms with E-state index in [1.807, 2.05) is 23.1 Å². The van der Waals surface area contributed by atoms with Crippen molar-refractivity contribution in [1.82, 2.24) is 0 Å². The van der Waals surface area contributed by atoms with E-state index in [1.165, 1.54) is 10.5 Å². The summed E-state index contributed by atoms with van der Waals surface area (Å²) in [5.74, 6) is 0.191. The van der Waals surface area contributed by atoms with E-state index in [9.17, 15) is 14.9 Å². The number of hydrogen-bond donors (Lipinski definition) is 1. The number of benzene rings is 2. The number of piperazine rings is 1. The van der Waals surface area contributed by atoms with E-state index in [1.54, 1.807) is 24.3 Å². The molecule has 28 heavy (non-hydrogen) atoms. The van der Waals surface area contributed by atoms with Gasteiger partial charge in [0.1, 0.15) is 0 Å². The van der Waals surface area contributed by atoms with Crippen LogP contribution in [0.5, 0.6) is 0 Å². The van der Waals surface area contributed by atoms with Crippen LogP contribution in [0.2, 0.25) is 0 Å². The molecule has 1 atom stereocenters. The number of amides is 1. The predicted molar refractivity (Wildman–Crippen MR) is 108 cm³/mol. The van der Waals surface area contributed by atoms with Gasteiger partial charge in [-0.3, -0.25) is 14.9 Å². The monoisotopic (exact) mass is 381 g/mol. The molecule has 1 fully saturated rings. The van der Waals surface area contributed by atoms with Crippen molar-refractivity contribution in [2.24, 2.45) is 0 Å². The predicted octanol–water partition coefficient (Wildman–Crippen LogP) is 1.28. The van der Waals surface area contributed by atoms with Gasteiger partial charge >= 0.3 is 0 Å². The summed E-state index contributed by atoms with van der Waals surface area (Å²) in [5, 5.41) is 10.8. The number of carbonyl (C=O) groups is 1. The second kappa shape index (κ2) is 7.59. The Bertz CT molecular complexity index is 875. The molecule has 7 nitrogen and oxygen atoms in total. The number of nitrogens with zero attached hydrogens (tertiary/aromatic N) is 3. The molecule has 7 heteroatoms. The number of carbonyl (C=O) groups excluding carboxylic acids is 1. The SMILES string of the molecule is C[C@H]1Cc2ccccc2N1C(=O)C[NH+]1CCN(c2ccc([N+](=O)[O-])cc2)CC1. The first-order valence-electron chi connectivity index (χ1n) is 9.76. The third-order valence-electron chi connectivity index (χ3n) is 5.77. The number of hydrogen-bond acceptors (Lipinski definition) is 4. The Morgan fingerprint density at radius 3 is 2.50 bits per heavy atom. The van der Waals surface area contributed by atoms with E-state index in [-0.39, 0.29) is 22.6 Å². The summed E-state index contributed by atoms with van der Waals surface area (Å²) in [4.78, 5) is 28.9. The summed E-state index contributed by atoms with van der Waals surface area (Å²) in [7, 11) is 0. The molecule has 4 rings (SSSR count). The molecule has 0 aromatic heterocycles. The molecule has 1 N–H and O–H groups in total. The van der Waals surface area contributed by atoms with Crippen LogP contribution in [-0.2, 0) is 11.2 Å². The lowest BCUT2D eigenvalue weighted by Crippen LogP contribution is -3.16. The van der Waals surface area contributed by atoms with Crippen molar-refractivity contribution < 1.29 is 14.6 Å². The smallest absolute Gasteiger partial charge is 0.282 e. The van der Waals surface area contributed by atoms with Crippen LogP contribution < -0.4 is 14.7 Å². The van der Waals surface area contributed by atoms with Crippen molar-refractivity contribution >= 4 is 23.0 Å². The molecule has 0 bridgehead atoms. The van der Waals surface area contributed by atoms with Crippen molar-refractivity contribution in [3.63, 3.8) is 0 Å². The molecule has 146 valence electrons. The fraction of sp³-hybridized carbons (Fsp3) is 0.381. The first kappa shape index (κ1) is 18.4. The van der Waals surface area contributed by atoms with E-state index in [0.717, 1.165) is 44.0 Å². The highest BCUT2D eigenvalue weighted by Crippen LogP contribution is 2.31. The number of para-hydroxylation sites is 1. The van der Waals surface area contributed by atoms with E-state index in [0.29, 0.717) is 6.54 Å². The van der Waals surface area contributed by atoms with Gasteiger partial charge in [0.2, 0.25) is 0 Å². The number of rotatable bonds is 4. The van der Waals surface area contributed by atoms with Gasteiger partial charge in [-0.2, -0.15) is 0 Å². The normalized spacial score (nSPS) is 19.5. The Morgan fingerprint density at radius 2 is 1.82 bits per heavy atom. The van der Waals surface area contributed by atoms with Crippen LogP contribution in [0.4, 0.5) is 17.1 Å². The Balaban J connectivity index is 1.34. The van der Waals surface area contributed by atoms with Crippen molar-refractivity contribution in [2.75, 3.05) is 42.5 Å². The Kier molecular flexibility index (Phi) is 5.00. The molecule has 0 spiro atoms. The second-order valence-electron chi connectivity index (χ2n) is 7.63. The highest BCUT2D eigenvalue weighted by Gasteiger charge is 2.33. The lowest BCUT2D eigenvalue weighted by atomic mass is 10.1. The van der Waals surface area contributed by atoms with Gasteiger partial charge < -0.3 is 14.7 Å². The lowest BCUT2D eigenvalue weighted by molar-refractivity contribution is -0.892. The van der Waals surface area contributed by atoms with Gasteiger partial charge in [0.05, 0.1) is 31.1 Å². The molecule has 2 aromatic rings. The zero-order chi connectivity index (χ0) is 19.7. The van der Waals surface area contributed by atoms with Crippen LogP contribution in [0.1, 0.15) is 12.5 Å². The molecule has 1 amide bonds. The molecule has 2 aliphatic heterocycles. The number of quaternary nitrogens is 1. The maximum atomic E-state index is 13.0. The maximum absolute atomic E-state index is 13.0. The fourth-order valence-corrected chi connectivity index (χ4v) is 4.29. The summed E-state index contributed by atoms with van der Waals surface area (Å²) >= 11 is 0. The molecule has 2 heterocycles. The first-order chi connectivity index (χ1) is 13.5. The molecular formula is C21H25N4O3+. The summed E-state index contributed by atoms with van der Waals surface area (Å²) < 4.78 is 0. The van der Waals surface area contributed by atoms with Crippen molar-refractivity contribution in [2.45, 2.75) is 19.4 Å². The number of nitro benzene ring substituents is 1. The van der Waals surface area contributed by atoms with Crippen molar-refractivity contribution in [3.05, 3.63) is 64.2 Å². The minimum Gasteiger partial charge on any atom is -0.360 e. The van der Waals surface area contributed by atoms with Gasteiger partial charge in [0.25, 0.3) is 11.6 Å². The highest BCUT2D eigenvalue weighted by molar-refractivity contribution is 5.96. The topological polar surface area (TPSA) is 71.1 Å². The minimum atomic E-state index is -0.380. The van der Waals surface area contributed by atoms with Gasteiger partial charge in [0, 0.05) is 29.5 Å². The number of fused-ring (bicyclic) bond motifs is 1. The lowest BCUT2D eigenvalue weighted by Gasteiger charge is -2.34. The third-order valence-corrected chi connectivity index (χ3v) is 5.77. The average Bonchev–Trinajstić information content (AvgIpc) is 3.04. The standard InChI is InChI=1S/C21H24N4O3/c1-16-14-17-4-2-3-5-20(17)24(16)21(26)15-22-10-12-23(13-11-22)18-6-8-19(9-7-18)25(27)28/h2-9,16H,10-15H2,1H3/p+1/t16-/m0/s1. The number of anilines is 2. The van der Waals surface area contributed by atoms with Gasteiger partial charge in [-0.15, -0.1) is 0 Å². The van der Waals surface area contributed by atoms with E-state index >= 15 is 0 Å². The molecular weight excluding hydrogens is 356 g/mol. The quantitative estimate of drug-likeness (QED) is 0.640. The Labute approximate surface area is 164 Å². The highest BCUT2D eigenvalue weighted by atomic mass is 16.6. The molecule has 2 aromatic carbocycles. The summed E-state index contributed by atoms with van der Waals surface area (Å²) in [5.41, 5.74) is 3.42. The number of nitro groups is 1.